The average Bonchev–Trinajstić information content (AvgIpc) is 2.57. The van der Waals surface area contributed by atoms with Gasteiger partial charge in [-0.1, -0.05) is 18.2 Å². The molecule has 0 unspecified atom stereocenters. The third-order valence-electron chi connectivity index (χ3n) is 3.74. The standard InChI is InChI=1S/C20H28N2O2/c1-15(2)24-20-11-8-16(13-19(20)21)5-4-12-22-14-17-6-9-18(23-3)10-7-17/h6-11,13,15,22H,4-5,12,14,21H2,1-3H3. The van der Waals surface area contributed by atoms with Crippen molar-refractivity contribution in [2.24, 2.45) is 0 Å². The van der Waals surface area contributed by atoms with Crippen molar-refractivity contribution >= 4 is 5.69 Å². The number of ether oxygens (including phenoxy) is 2. The second-order valence-electron chi connectivity index (χ2n) is 6.17. The Morgan fingerprint density at radius 3 is 2.38 bits per heavy atom. The van der Waals surface area contributed by atoms with Gasteiger partial charge in [0.2, 0.25) is 0 Å². The van der Waals surface area contributed by atoms with Crippen LogP contribution in [0.25, 0.3) is 0 Å². The number of rotatable bonds is 9. The van der Waals surface area contributed by atoms with Crippen LogP contribution in [0.5, 0.6) is 11.5 Å². The lowest BCUT2D eigenvalue weighted by molar-refractivity contribution is 0.244. The van der Waals surface area contributed by atoms with Crippen molar-refractivity contribution in [2.45, 2.75) is 39.3 Å². The second-order valence-corrected chi connectivity index (χ2v) is 6.17. The molecule has 0 fully saturated rings. The molecule has 0 heterocycles. The summed E-state index contributed by atoms with van der Waals surface area (Å²) in [6.45, 7) is 5.84. The van der Waals surface area contributed by atoms with Crippen LogP contribution < -0.4 is 20.5 Å². The molecule has 0 spiro atoms. The van der Waals surface area contributed by atoms with Crippen molar-refractivity contribution in [3.8, 4) is 11.5 Å². The molecule has 0 aromatic heterocycles. The summed E-state index contributed by atoms with van der Waals surface area (Å²) in [7, 11) is 1.68. The SMILES string of the molecule is COc1ccc(CNCCCc2ccc(OC(C)C)c(N)c2)cc1. The van der Waals surface area contributed by atoms with Crippen LogP contribution in [0.1, 0.15) is 31.4 Å². The molecule has 0 aliphatic carbocycles. The monoisotopic (exact) mass is 328 g/mol. The third-order valence-corrected chi connectivity index (χ3v) is 3.74. The van der Waals surface area contributed by atoms with E-state index >= 15 is 0 Å². The summed E-state index contributed by atoms with van der Waals surface area (Å²) in [6, 6.07) is 14.2. The fourth-order valence-corrected chi connectivity index (χ4v) is 2.51. The van der Waals surface area contributed by atoms with Gasteiger partial charge in [0.15, 0.2) is 0 Å². The van der Waals surface area contributed by atoms with Crippen LogP contribution in [0.2, 0.25) is 0 Å². The van der Waals surface area contributed by atoms with E-state index in [4.69, 9.17) is 15.2 Å². The molecule has 2 aromatic carbocycles. The van der Waals surface area contributed by atoms with Gasteiger partial charge < -0.3 is 20.5 Å². The van der Waals surface area contributed by atoms with Gasteiger partial charge in [0.25, 0.3) is 0 Å². The van der Waals surface area contributed by atoms with E-state index in [9.17, 15) is 0 Å². The number of anilines is 1. The Kier molecular flexibility index (Phi) is 6.94. The summed E-state index contributed by atoms with van der Waals surface area (Å²) in [5.41, 5.74) is 9.27. The largest absolute Gasteiger partial charge is 0.497 e. The third kappa shape index (κ3) is 5.78. The topological polar surface area (TPSA) is 56.5 Å². The summed E-state index contributed by atoms with van der Waals surface area (Å²) in [6.07, 6.45) is 2.21. The Morgan fingerprint density at radius 2 is 1.75 bits per heavy atom. The Morgan fingerprint density at radius 1 is 1.04 bits per heavy atom. The molecule has 0 atom stereocenters. The Labute approximate surface area is 145 Å². The molecule has 0 aliphatic heterocycles. The van der Waals surface area contributed by atoms with E-state index in [1.807, 2.05) is 38.1 Å². The molecular weight excluding hydrogens is 300 g/mol. The van der Waals surface area contributed by atoms with E-state index < -0.39 is 0 Å². The van der Waals surface area contributed by atoms with Crippen molar-refractivity contribution < 1.29 is 9.47 Å². The molecule has 0 aliphatic rings. The number of nitrogens with one attached hydrogen (secondary N) is 1. The van der Waals surface area contributed by atoms with Crippen LogP contribution in [0.3, 0.4) is 0 Å². The maximum atomic E-state index is 6.05. The lowest BCUT2D eigenvalue weighted by Gasteiger charge is -2.13. The molecule has 0 bridgehead atoms. The zero-order valence-electron chi connectivity index (χ0n) is 14.8. The number of benzene rings is 2. The first-order chi connectivity index (χ1) is 11.6. The highest BCUT2D eigenvalue weighted by molar-refractivity contribution is 5.54. The summed E-state index contributed by atoms with van der Waals surface area (Å²) in [5.74, 6) is 1.66. The normalized spacial score (nSPS) is 10.8. The van der Waals surface area contributed by atoms with Gasteiger partial charge in [-0.2, -0.15) is 0 Å². The first kappa shape index (κ1) is 18.1. The van der Waals surface area contributed by atoms with Crippen molar-refractivity contribution in [3.05, 3.63) is 53.6 Å². The molecule has 4 heteroatoms. The summed E-state index contributed by atoms with van der Waals surface area (Å²) in [5, 5.41) is 3.46. The van der Waals surface area contributed by atoms with Gasteiger partial charge in [-0.3, -0.25) is 0 Å². The highest BCUT2D eigenvalue weighted by Gasteiger charge is 2.04. The molecule has 130 valence electrons. The molecule has 3 N–H and O–H groups in total. The van der Waals surface area contributed by atoms with E-state index in [1.54, 1.807) is 7.11 Å². The fourth-order valence-electron chi connectivity index (χ4n) is 2.51. The average molecular weight is 328 g/mol. The van der Waals surface area contributed by atoms with Gasteiger partial charge in [-0.15, -0.1) is 0 Å². The minimum Gasteiger partial charge on any atom is -0.497 e. The molecule has 0 saturated carbocycles. The Bertz CT molecular complexity index is 624. The van der Waals surface area contributed by atoms with Crippen molar-refractivity contribution in [3.63, 3.8) is 0 Å². The molecule has 2 rings (SSSR count). The molecule has 0 amide bonds. The Hall–Kier alpha value is -2.20. The maximum absolute atomic E-state index is 6.05. The molecule has 0 saturated heterocycles. The van der Waals surface area contributed by atoms with Gasteiger partial charge in [0.05, 0.1) is 18.9 Å². The second kappa shape index (κ2) is 9.18. The number of methoxy groups -OCH3 is 1. The zero-order valence-corrected chi connectivity index (χ0v) is 14.8. The van der Waals surface area contributed by atoms with E-state index in [-0.39, 0.29) is 6.10 Å². The summed E-state index contributed by atoms with van der Waals surface area (Å²) < 4.78 is 10.8. The van der Waals surface area contributed by atoms with Gasteiger partial charge >= 0.3 is 0 Å². The molecule has 2 aromatic rings. The molecular formula is C20H28N2O2. The Balaban J connectivity index is 1.71. The summed E-state index contributed by atoms with van der Waals surface area (Å²) in [4.78, 5) is 0. The number of nitrogen functional groups attached to an aromatic ring is 1. The highest BCUT2D eigenvalue weighted by atomic mass is 16.5. The van der Waals surface area contributed by atoms with Crippen molar-refractivity contribution in [1.29, 1.82) is 0 Å². The van der Waals surface area contributed by atoms with Gasteiger partial charge in [0, 0.05) is 6.54 Å². The maximum Gasteiger partial charge on any atom is 0.142 e. The van der Waals surface area contributed by atoms with Gasteiger partial charge in [-0.05, 0) is 68.6 Å². The smallest absolute Gasteiger partial charge is 0.142 e. The number of nitrogens with two attached hydrogens (primary N) is 1. The van der Waals surface area contributed by atoms with Crippen LogP contribution in [-0.2, 0) is 13.0 Å². The summed E-state index contributed by atoms with van der Waals surface area (Å²) >= 11 is 0. The van der Waals surface area contributed by atoms with Crippen LogP contribution in [0.15, 0.2) is 42.5 Å². The molecule has 24 heavy (non-hydrogen) atoms. The minimum atomic E-state index is 0.139. The van der Waals surface area contributed by atoms with Crippen molar-refractivity contribution in [1.82, 2.24) is 5.32 Å². The number of hydrogen-bond donors (Lipinski definition) is 2. The number of aryl methyl sites for hydroxylation is 1. The van der Waals surface area contributed by atoms with E-state index in [2.05, 4.69) is 23.5 Å². The first-order valence-electron chi connectivity index (χ1n) is 8.47. The van der Waals surface area contributed by atoms with E-state index in [0.29, 0.717) is 5.69 Å². The van der Waals surface area contributed by atoms with Crippen molar-refractivity contribution in [2.75, 3.05) is 19.4 Å². The van der Waals surface area contributed by atoms with Gasteiger partial charge in [-0.25, -0.2) is 0 Å². The lowest BCUT2D eigenvalue weighted by Crippen LogP contribution is -2.15. The van der Waals surface area contributed by atoms with Crippen LogP contribution in [0.4, 0.5) is 5.69 Å². The van der Waals surface area contributed by atoms with Crippen LogP contribution in [0, 0.1) is 0 Å². The van der Waals surface area contributed by atoms with Crippen LogP contribution in [-0.4, -0.2) is 19.8 Å². The van der Waals surface area contributed by atoms with E-state index in [0.717, 1.165) is 37.4 Å². The van der Waals surface area contributed by atoms with E-state index in [1.165, 1.54) is 11.1 Å². The zero-order chi connectivity index (χ0) is 17.4. The first-order valence-corrected chi connectivity index (χ1v) is 8.47. The van der Waals surface area contributed by atoms with Crippen LogP contribution >= 0.6 is 0 Å². The quantitative estimate of drug-likeness (QED) is 0.543. The molecule has 4 nitrogen and oxygen atoms in total. The fraction of sp³-hybridized carbons (Fsp3) is 0.400. The predicted octanol–water partition coefficient (Wildman–Crippen LogP) is 3.79. The predicted molar refractivity (Wildman–Crippen MR) is 99.6 cm³/mol. The minimum absolute atomic E-state index is 0.139. The lowest BCUT2D eigenvalue weighted by atomic mass is 10.1. The number of hydrogen-bond acceptors (Lipinski definition) is 4. The highest BCUT2D eigenvalue weighted by Crippen LogP contribution is 2.24. The van der Waals surface area contributed by atoms with Gasteiger partial charge in [0.1, 0.15) is 11.5 Å². The molecule has 0 radical (unpaired) electrons.